The molecule has 90 heavy (non-hydrogen) atoms. The van der Waals surface area contributed by atoms with Crippen LogP contribution in [0.15, 0.2) is 170 Å². The first kappa shape index (κ1) is 66.7. The minimum absolute atomic E-state index is 0.160. The zero-order valence-corrected chi connectivity index (χ0v) is 50.3. The molecule has 10 nitrogen and oxygen atoms in total. The molecule has 24 heteroatoms. The van der Waals surface area contributed by atoms with Crippen LogP contribution in [0.5, 0.6) is 11.5 Å². The van der Waals surface area contributed by atoms with E-state index in [0.29, 0.717) is 33.8 Å². The van der Waals surface area contributed by atoms with Gasteiger partial charge in [0.25, 0.3) is 0 Å². The van der Waals surface area contributed by atoms with Crippen LogP contribution in [-0.4, -0.2) is 64.5 Å². The molecule has 0 spiro atoms. The second kappa shape index (κ2) is 24.3. The van der Waals surface area contributed by atoms with Gasteiger partial charge in [-0.05, 0) is 173 Å². The molecule has 0 radical (unpaired) electrons. The number of halogens is 12. The summed E-state index contributed by atoms with van der Waals surface area (Å²) in [5.41, 5.74) is 14.3. The molecule has 0 amide bonds. The topological polar surface area (TPSA) is 124 Å². The summed E-state index contributed by atoms with van der Waals surface area (Å²) < 4.78 is 152. The van der Waals surface area contributed by atoms with E-state index in [1.807, 2.05) is 103 Å². The number of carbonyl (C=O) groups excluding carboxylic acids is 4. The summed E-state index contributed by atoms with van der Waals surface area (Å²) in [6.45, 7) is 7.63. The predicted molar refractivity (Wildman–Crippen MR) is 320 cm³/mol. The van der Waals surface area contributed by atoms with Crippen molar-refractivity contribution < 1.29 is 98.0 Å². The Morgan fingerprint density at radius 3 is 0.867 bits per heavy atom. The van der Waals surface area contributed by atoms with Crippen molar-refractivity contribution in [1.82, 2.24) is 0 Å². The molecule has 0 saturated carbocycles. The Morgan fingerprint density at radius 2 is 0.589 bits per heavy atom. The van der Waals surface area contributed by atoms with E-state index in [0.717, 1.165) is 78.6 Å². The van der Waals surface area contributed by atoms with E-state index in [1.54, 1.807) is 54.0 Å². The Labute approximate surface area is 508 Å². The van der Waals surface area contributed by atoms with Crippen molar-refractivity contribution in [2.75, 3.05) is 40.6 Å². The molecule has 10 aliphatic carbocycles. The van der Waals surface area contributed by atoms with E-state index in [1.165, 1.54) is 0 Å². The van der Waals surface area contributed by atoms with Crippen molar-refractivity contribution in [3.05, 3.63) is 237 Å². The number of rotatable bonds is 16. The number of hydrogen-bond acceptors (Lipinski definition) is 10. The average Bonchev–Trinajstić information content (AvgIpc) is 1.60. The molecule has 10 aliphatic rings. The number of carbonyl (C=O) groups is 4. The molecule has 0 N–H and O–H groups in total. The third kappa shape index (κ3) is 16.7. The molecule has 0 aromatic rings. The Bertz CT molecular complexity index is 3770. The molecule has 0 fully saturated rings. The summed E-state index contributed by atoms with van der Waals surface area (Å²) in [7, 11) is -18.0. The standard InChI is InChI=1S/C66H54O10.2F6P/c1-7-73-63(67)57-37-58(64(68)74-8-2)50-29-21-41(20-28-49(50)57)61(53-32-18-39-16-24-43(71-5)26-34-45(39)53)55-36-56(48-15-13-11-12-14-47(48)55)62(54-33-19-40-17-25-44(72-6)27-35-46(40)54)42-22-30-51-52(31-23-42)60(66(70)76-10-4)38-59(51)65(69)75-9-3;2*1-7(2,3,4,5)6/h11-38H,7-10H2,1-6H3;;/q+2;2*-1. The Hall–Kier alpha value is -9.26. The summed E-state index contributed by atoms with van der Waals surface area (Å²) in [5, 5.41) is 0. The zero-order valence-electron chi connectivity index (χ0n) is 48.5. The van der Waals surface area contributed by atoms with Crippen LogP contribution >= 0.6 is 15.6 Å². The van der Waals surface area contributed by atoms with Crippen LogP contribution in [0.3, 0.4) is 0 Å². The van der Waals surface area contributed by atoms with Crippen LogP contribution in [0, 0.1) is 11.8 Å². The summed E-state index contributed by atoms with van der Waals surface area (Å²) in [4.78, 5) is 54.3. The Kier molecular flexibility index (Phi) is 18.0. The molecule has 0 saturated heterocycles. The fourth-order valence-corrected chi connectivity index (χ4v) is 10.4. The van der Waals surface area contributed by atoms with Crippen LogP contribution in [0.1, 0.15) is 103 Å². The van der Waals surface area contributed by atoms with Gasteiger partial charge in [0, 0.05) is 50.6 Å². The normalized spacial score (nSPS) is 13.0. The first-order chi connectivity index (χ1) is 42.0. The molecule has 0 heterocycles. The summed E-state index contributed by atoms with van der Waals surface area (Å²) in [5.74, 6) is 1.00. The van der Waals surface area contributed by atoms with Gasteiger partial charge in [0.1, 0.15) is 11.5 Å². The van der Waals surface area contributed by atoms with E-state index in [4.69, 9.17) is 28.4 Å². The summed E-state index contributed by atoms with van der Waals surface area (Å²) in [6.07, 6.45) is 0. The fraction of sp³-hybridized carbons (Fsp3) is 0.152. The fourth-order valence-electron chi connectivity index (χ4n) is 10.4. The van der Waals surface area contributed by atoms with Crippen molar-refractivity contribution in [2.24, 2.45) is 0 Å². The maximum atomic E-state index is 13.6. The van der Waals surface area contributed by atoms with Crippen molar-refractivity contribution in [2.45, 2.75) is 27.7 Å². The Morgan fingerprint density at radius 1 is 0.322 bits per heavy atom. The molecule has 0 atom stereocenters. The molecule has 0 aromatic carbocycles. The predicted octanol–water partition coefficient (Wildman–Crippen LogP) is 20.7. The van der Waals surface area contributed by atoms with Gasteiger partial charge in [-0.1, -0.05) is 18.2 Å². The number of hydrogen-bond donors (Lipinski definition) is 0. The van der Waals surface area contributed by atoms with Gasteiger partial charge in [0.2, 0.25) is 0 Å². The van der Waals surface area contributed by atoms with Crippen LogP contribution in [0.25, 0.3) is 55.6 Å². The summed E-state index contributed by atoms with van der Waals surface area (Å²) >= 11 is 0. The molecular formula is C66H54F12O10P2. The zero-order chi connectivity index (χ0) is 65.9. The van der Waals surface area contributed by atoms with Crippen molar-refractivity contribution in [1.29, 1.82) is 0 Å². The molecule has 472 valence electrons. The van der Waals surface area contributed by atoms with Gasteiger partial charge in [-0.3, -0.25) is 0 Å². The van der Waals surface area contributed by atoms with Gasteiger partial charge in [0.05, 0.1) is 119 Å². The van der Waals surface area contributed by atoms with E-state index in [9.17, 15) is 69.5 Å². The van der Waals surface area contributed by atoms with Crippen LogP contribution in [0.4, 0.5) is 50.4 Å². The maximum absolute atomic E-state index is 13.6. The molecule has 0 unspecified atom stereocenters. The van der Waals surface area contributed by atoms with Crippen molar-refractivity contribution in [3.63, 3.8) is 0 Å². The number of esters is 4. The van der Waals surface area contributed by atoms with Gasteiger partial charge in [-0.2, -0.15) is 0 Å². The third-order valence-corrected chi connectivity index (χ3v) is 13.8. The Balaban J connectivity index is 0.000000670. The van der Waals surface area contributed by atoms with Crippen molar-refractivity contribution in [3.8, 4) is 67.1 Å². The molecule has 0 aromatic heterocycles. The third-order valence-electron chi connectivity index (χ3n) is 13.8. The average molecular weight is 1300 g/mol. The molecule has 10 rings (SSSR count). The van der Waals surface area contributed by atoms with Crippen LogP contribution < -0.4 is 9.47 Å². The van der Waals surface area contributed by atoms with Crippen LogP contribution in [-0.2, 0) is 18.9 Å². The van der Waals surface area contributed by atoms with Crippen LogP contribution in [0.2, 0.25) is 0 Å². The second-order valence-corrected chi connectivity index (χ2v) is 23.7. The minimum atomic E-state index is -10.7. The summed E-state index contributed by atoms with van der Waals surface area (Å²) in [6, 6.07) is 55.6. The first-order valence-corrected chi connectivity index (χ1v) is 31.4. The van der Waals surface area contributed by atoms with E-state index in [2.05, 4.69) is 54.6 Å². The molecule has 0 bridgehead atoms. The number of ether oxygens (including phenoxy) is 6. The molecular weight excluding hydrogens is 1240 g/mol. The van der Waals surface area contributed by atoms with E-state index < -0.39 is 39.5 Å². The number of fused-ring (bicyclic) bond motifs is 5. The number of methoxy groups -OCH3 is 2. The molecule has 0 aliphatic heterocycles. The van der Waals surface area contributed by atoms with Gasteiger partial charge >= 0.3 is 89.9 Å². The van der Waals surface area contributed by atoms with Gasteiger partial charge in [0.15, 0.2) is 0 Å². The van der Waals surface area contributed by atoms with E-state index in [-0.39, 0.29) is 48.7 Å². The van der Waals surface area contributed by atoms with Gasteiger partial charge < -0.3 is 28.4 Å². The first-order valence-electron chi connectivity index (χ1n) is 27.4. The van der Waals surface area contributed by atoms with Gasteiger partial charge in [-0.15, -0.1) is 0 Å². The van der Waals surface area contributed by atoms with Gasteiger partial charge in [-0.25, -0.2) is 19.2 Å². The van der Waals surface area contributed by atoms with Crippen molar-refractivity contribution >= 4 is 39.5 Å². The second-order valence-electron chi connectivity index (χ2n) is 19.9. The SMILES string of the molecule is CCOC(=O)c1cc(C(=O)OCC)c2ccc([C+](c3ccc4ccc(OC)ccc3-4)c3cc([C+](c4ccc5c(C(=O)OCC)cc(C(=O)OCC)c-5cc4)c4ccc5ccc(OC)ccc4-5)c4cccccc3-4)ccc1-2.F[P-](F)(F)(F)(F)F.F[P-](F)(F)(F)(F)F. The van der Waals surface area contributed by atoms with E-state index >= 15 is 0 Å². The monoisotopic (exact) mass is 1300 g/mol. The quantitative estimate of drug-likeness (QED) is 0.0304.